The summed E-state index contributed by atoms with van der Waals surface area (Å²) in [5.41, 5.74) is 0.589. The third kappa shape index (κ3) is 3.69. The van der Waals surface area contributed by atoms with Gasteiger partial charge < -0.3 is 14.4 Å². The van der Waals surface area contributed by atoms with Gasteiger partial charge in [0.2, 0.25) is 5.91 Å². The molecule has 0 radical (unpaired) electrons. The van der Waals surface area contributed by atoms with Gasteiger partial charge in [-0.1, -0.05) is 5.16 Å². The van der Waals surface area contributed by atoms with Gasteiger partial charge >= 0.3 is 6.18 Å². The van der Waals surface area contributed by atoms with E-state index in [2.05, 4.69) is 15.1 Å². The number of imidazole rings is 1. The zero-order valence-corrected chi connectivity index (χ0v) is 14.0. The van der Waals surface area contributed by atoms with Gasteiger partial charge in [0.25, 0.3) is 0 Å². The molecule has 0 bridgehead atoms. The Balaban J connectivity index is 1.68. The minimum absolute atomic E-state index is 0.0818. The molecule has 1 fully saturated rings. The van der Waals surface area contributed by atoms with E-state index in [-0.39, 0.29) is 24.1 Å². The highest BCUT2D eigenvalue weighted by Gasteiger charge is 2.35. The average molecular weight is 356 g/mol. The van der Waals surface area contributed by atoms with E-state index in [0.717, 1.165) is 18.2 Å². The molecule has 0 saturated carbocycles. The Morgan fingerprint density at radius 3 is 2.80 bits per heavy atom. The topological polar surface area (TPSA) is 75.0 Å². The van der Waals surface area contributed by atoms with Gasteiger partial charge in [-0.3, -0.25) is 4.79 Å². The van der Waals surface area contributed by atoms with Crippen LogP contribution in [0.2, 0.25) is 0 Å². The molecule has 0 aromatic carbocycles. The minimum atomic E-state index is -4.45. The van der Waals surface area contributed by atoms with Gasteiger partial charge in [-0.15, -0.1) is 0 Å². The molecule has 9 heteroatoms. The number of aryl methyl sites for hydroxylation is 2. The second-order valence-electron chi connectivity index (χ2n) is 6.34. The minimum Gasteiger partial charge on any atom is -0.361 e. The predicted molar refractivity (Wildman–Crippen MR) is 81.8 cm³/mol. The Labute approximate surface area is 142 Å². The first kappa shape index (κ1) is 17.5. The van der Waals surface area contributed by atoms with Gasteiger partial charge in [0.15, 0.2) is 0 Å². The number of aromatic nitrogens is 3. The molecule has 6 nitrogen and oxygen atoms in total. The summed E-state index contributed by atoms with van der Waals surface area (Å²) in [5, 5.41) is 3.84. The summed E-state index contributed by atoms with van der Waals surface area (Å²) in [7, 11) is 0. The van der Waals surface area contributed by atoms with Gasteiger partial charge in [0.1, 0.15) is 17.3 Å². The van der Waals surface area contributed by atoms with Gasteiger partial charge in [0, 0.05) is 24.6 Å². The molecule has 3 rings (SSSR count). The van der Waals surface area contributed by atoms with E-state index >= 15 is 0 Å². The number of nitrogens with zero attached hydrogens (tertiary/aromatic N) is 3. The SMILES string of the molecule is Cc1noc(C)c1CC(=O)N1CCC[C@@H](c2ncc(C(F)(F)F)[nH]2)C1. The lowest BCUT2D eigenvalue weighted by Crippen LogP contribution is -2.40. The third-order valence-electron chi connectivity index (χ3n) is 4.57. The van der Waals surface area contributed by atoms with Gasteiger partial charge in [-0.05, 0) is 26.7 Å². The van der Waals surface area contributed by atoms with Crippen LogP contribution < -0.4 is 0 Å². The highest BCUT2D eigenvalue weighted by Crippen LogP contribution is 2.31. The smallest absolute Gasteiger partial charge is 0.361 e. The quantitative estimate of drug-likeness (QED) is 0.917. The zero-order valence-electron chi connectivity index (χ0n) is 14.0. The number of aromatic amines is 1. The molecular formula is C16H19F3N4O2. The van der Waals surface area contributed by atoms with Crippen molar-refractivity contribution in [2.75, 3.05) is 13.1 Å². The average Bonchev–Trinajstić information content (AvgIpc) is 3.17. The molecule has 1 aliphatic heterocycles. The van der Waals surface area contributed by atoms with Crippen molar-refractivity contribution in [3.63, 3.8) is 0 Å². The molecule has 2 aromatic heterocycles. The fraction of sp³-hybridized carbons (Fsp3) is 0.562. The second kappa shape index (κ2) is 6.53. The number of amides is 1. The van der Waals surface area contributed by atoms with Crippen molar-refractivity contribution in [2.45, 2.75) is 45.2 Å². The molecule has 136 valence electrons. The molecule has 25 heavy (non-hydrogen) atoms. The monoisotopic (exact) mass is 356 g/mol. The summed E-state index contributed by atoms with van der Waals surface area (Å²) >= 11 is 0. The van der Waals surface area contributed by atoms with Crippen LogP contribution in [0.5, 0.6) is 0 Å². The highest BCUT2D eigenvalue weighted by molar-refractivity contribution is 5.79. The van der Waals surface area contributed by atoms with Crippen LogP contribution in [0.4, 0.5) is 13.2 Å². The molecule has 0 unspecified atom stereocenters. The van der Waals surface area contributed by atoms with Crippen molar-refractivity contribution in [1.82, 2.24) is 20.0 Å². The Bertz CT molecular complexity index is 746. The summed E-state index contributed by atoms with van der Waals surface area (Å²) in [6.07, 6.45) is -2.04. The fourth-order valence-corrected chi connectivity index (χ4v) is 3.13. The third-order valence-corrected chi connectivity index (χ3v) is 4.57. The van der Waals surface area contributed by atoms with Crippen molar-refractivity contribution < 1.29 is 22.5 Å². The van der Waals surface area contributed by atoms with Crippen LogP contribution in [0, 0.1) is 13.8 Å². The van der Waals surface area contributed by atoms with Crippen LogP contribution in [0.1, 0.15) is 47.3 Å². The zero-order chi connectivity index (χ0) is 18.2. The Kier molecular flexibility index (Phi) is 4.57. The number of carbonyl (C=O) groups is 1. The number of carbonyl (C=O) groups excluding carboxylic acids is 1. The van der Waals surface area contributed by atoms with Crippen LogP contribution in [-0.4, -0.2) is 39.0 Å². The summed E-state index contributed by atoms with van der Waals surface area (Å²) in [5.74, 6) is 0.586. The normalized spacial score (nSPS) is 18.6. The van der Waals surface area contributed by atoms with Gasteiger partial charge in [0.05, 0.1) is 18.3 Å². The lowest BCUT2D eigenvalue weighted by atomic mass is 9.96. The summed E-state index contributed by atoms with van der Waals surface area (Å²) in [6.45, 7) is 4.47. The van der Waals surface area contributed by atoms with E-state index in [0.29, 0.717) is 31.0 Å². The number of rotatable bonds is 3. The maximum Gasteiger partial charge on any atom is 0.432 e. The first-order chi connectivity index (χ1) is 11.8. The number of hydrogen-bond acceptors (Lipinski definition) is 4. The summed E-state index contributed by atoms with van der Waals surface area (Å²) in [4.78, 5) is 20.4. The van der Waals surface area contributed by atoms with Crippen molar-refractivity contribution in [3.05, 3.63) is 34.7 Å². The first-order valence-corrected chi connectivity index (χ1v) is 8.07. The molecule has 3 heterocycles. The number of piperidine rings is 1. The van der Waals surface area contributed by atoms with Gasteiger partial charge in [-0.2, -0.15) is 13.2 Å². The first-order valence-electron chi connectivity index (χ1n) is 8.07. The number of nitrogens with one attached hydrogen (secondary N) is 1. The van der Waals surface area contributed by atoms with E-state index in [1.165, 1.54) is 0 Å². The lowest BCUT2D eigenvalue weighted by molar-refractivity contribution is -0.141. The van der Waals surface area contributed by atoms with Crippen LogP contribution >= 0.6 is 0 Å². The Morgan fingerprint density at radius 2 is 2.20 bits per heavy atom. The lowest BCUT2D eigenvalue weighted by Gasteiger charge is -2.32. The molecule has 1 N–H and O–H groups in total. The van der Waals surface area contributed by atoms with E-state index in [4.69, 9.17) is 4.52 Å². The molecule has 1 aliphatic rings. The van der Waals surface area contributed by atoms with Crippen molar-refractivity contribution in [2.24, 2.45) is 0 Å². The molecule has 0 aliphatic carbocycles. The fourth-order valence-electron chi connectivity index (χ4n) is 3.13. The van der Waals surface area contributed by atoms with Crippen molar-refractivity contribution in [3.8, 4) is 0 Å². The van der Waals surface area contributed by atoms with E-state index < -0.39 is 11.9 Å². The summed E-state index contributed by atoms with van der Waals surface area (Å²) in [6, 6.07) is 0. The predicted octanol–water partition coefficient (Wildman–Crippen LogP) is 2.98. The number of hydrogen-bond donors (Lipinski definition) is 1. The maximum atomic E-state index is 12.7. The van der Waals surface area contributed by atoms with Gasteiger partial charge in [-0.25, -0.2) is 4.98 Å². The van der Waals surface area contributed by atoms with Crippen LogP contribution in [0.15, 0.2) is 10.7 Å². The molecule has 0 spiro atoms. The molecule has 1 amide bonds. The van der Waals surface area contributed by atoms with Crippen LogP contribution in [0.3, 0.4) is 0 Å². The molecule has 1 saturated heterocycles. The second-order valence-corrected chi connectivity index (χ2v) is 6.34. The molecular weight excluding hydrogens is 337 g/mol. The van der Waals surface area contributed by atoms with Crippen molar-refractivity contribution in [1.29, 1.82) is 0 Å². The number of H-pyrrole nitrogens is 1. The highest BCUT2D eigenvalue weighted by atomic mass is 19.4. The standard InChI is InChI=1S/C16H19F3N4O2/c1-9-12(10(2)25-22-9)6-14(24)23-5-3-4-11(8-23)15-20-7-13(21-15)16(17,18)19/h7,11H,3-6,8H2,1-2H3,(H,20,21)/t11-/m1/s1. The van der Waals surface area contributed by atoms with Crippen LogP contribution in [-0.2, 0) is 17.4 Å². The van der Waals surface area contributed by atoms with E-state index in [1.807, 2.05) is 0 Å². The Morgan fingerprint density at radius 1 is 1.44 bits per heavy atom. The van der Waals surface area contributed by atoms with E-state index in [9.17, 15) is 18.0 Å². The molecule has 1 atom stereocenters. The van der Waals surface area contributed by atoms with Crippen molar-refractivity contribution >= 4 is 5.91 Å². The largest absolute Gasteiger partial charge is 0.432 e. The molecule has 2 aromatic rings. The maximum absolute atomic E-state index is 12.7. The number of likely N-dealkylation sites (tertiary alicyclic amines) is 1. The number of alkyl halides is 3. The van der Waals surface area contributed by atoms with Crippen LogP contribution in [0.25, 0.3) is 0 Å². The Hall–Kier alpha value is -2.32. The number of halogens is 3. The summed E-state index contributed by atoms with van der Waals surface area (Å²) < 4.78 is 43.2. The van der Waals surface area contributed by atoms with E-state index in [1.54, 1.807) is 18.7 Å².